The van der Waals surface area contributed by atoms with Crippen LogP contribution >= 0.6 is 0 Å². The van der Waals surface area contributed by atoms with Gasteiger partial charge in [0.2, 0.25) is 0 Å². The zero-order chi connectivity index (χ0) is 14.9. The summed E-state index contributed by atoms with van der Waals surface area (Å²) in [7, 11) is 0. The lowest BCUT2D eigenvalue weighted by atomic mass is 10.1. The summed E-state index contributed by atoms with van der Waals surface area (Å²) in [6.07, 6.45) is 5.11. The number of aromatic nitrogens is 2. The molecule has 0 fully saturated rings. The van der Waals surface area contributed by atoms with E-state index in [1.54, 1.807) is 0 Å². The van der Waals surface area contributed by atoms with Crippen molar-refractivity contribution < 1.29 is 0 Å². The van der Waals surface area contributed by atoms with Crippen LogP contribution in [0, 0.1) is 0 Å². The maximum Gasteiger partial charge on any atom is 0.131 e. The SMILES string of the molecule is CCCNc1cc(CCC)nc(CCc2ccccc2)n1. The standard InChI is InChI=1S/C18H25N3/c1-3-8-16-14-18(19-13-4-2)21-17(20-16)12-11-15-9-6-5-7-10-15/h5-7,9-10,14H,3-4,8,11-13H2,1-2H3,(H,19,20,21). The molecule has 0 saturated carbocycles. The molecule has 0 aliphatic carbocycles. The van der Waals surface area contributed by atoms with Gasteiger partial charge >= 0.3 is 0 Å². The fourth-order valence-electron chi connectivity index (χ4n) is 2.29. The van der Waals surface area contributed by atoms with Gasteiger partial charge in [-0.3, -0.25) is 0 Å². The molecule has 3 heteroatoms. The molecular formula is C18H25N3. The van der Waals surface area contributed by atoms with E-state index in [1.807, 2.05) is 0 Å². The highest BCUT2D eigenvalue weighted by Crippen LogP contribution is 2.11. The van der Waals surface area contributed by atoms with Crippen LogP contribution in [0.4, 0.5) is 5.82 Å². The molecule has 0 amide bonds. The third kappa shape index (κ3) is 5.18. The van der Waals surface area contributed by atoms with Gasteiger partial charge in [0.25, 0.3) is 0 Å². The second kappa shape index (κ2) is 8.40. The van der Waals surface area contributed by atoms with Crippen LogP contribution in [0.25, 0.3) is 0 Å². The molecule has 0 radical (unpaired) electrons. The summed E-state index contributed by atoms with van der Waals surface area (Å²) in [5.74, 6) is 1.92. The van der Waals surface area contributed by atoms with Crippen LogP contribution in [0.15, 0.2) is 36.4 Å². The molecule has 21 heavy (non-hydrogen) atoms. The molecule has 1 N–H and O–H groups in total. The van der Waals surface area contributed by atoms with Crippen LogP contribution in [0.2, 0.25) is 0 Å². The summed E-state index contributed by atoms with van der Waals surface area (Å²) in [5.41, 5.74) is 2.49. The van der Waals surface area contributed by atoms with Crippen molar-refractivity contribution >= 4 is 5.82 Å². The van der Waals surface area contributed by atoms with E-state index >= 15 is 0 Å². The summed E-state index contributed by atoms with van der Waals surface area (Å²) < 4.78 is 0. The first kappa shape index (κ1) is 15.5. The fourth-order valence-corrected chi connectivity index (χ4v) is 2.29. The molecule has 2 aromatic rings. The van der Waals surface area contributed by atoms with E-state index in [1.165, 1.54) is 5.56 Å². The largest absolute Gasteiger partial charge is 0.370 e. The van der Waals surface area contributed by atoms with Crippen LogP contribution in [-0.4, -0.2) is 16.5 Å². The van der Waals surface area contributed by atoms with E-state index in [2.05, 4.69) is 60.5 Å². The Morgan fingerprint density at radius 3 is 2.43 bits per heavy atom. The topological polar surface area (TPSA) is 37.8 Å². The molecule has 0 aliphatic rings. The fraction of sp³-hybridized carbons (Fsp3) is 0.444. The predicted octanol–water partition coefficient (Wildman–Crippen LogP) is 4.04. The van der Waals surface area contributed by atoms with Crippen LogP contribution in [-0.2, 0) is 19.3 Å². The molecule has 1 aromatic heterocycles. The minimum absolute atomic E-state index is 0.891. The Morgan fingerprint density at radius 2 is 1.71 bits per heavy atom. The Bertz CT molecular complexity index is 537. The van der Waals surface area contributed by atoms with Crippen molar-refractivity contribution in [2.75, 3.05) is 11.9 Å². The maximum atomic E-state index is 4.70. The maximum absolute atomic E-state index is 4.70. The minimum Gasteiger partial charge on any atom is -0.370 e. The highest BCUT2D eigenvalue weighted by atomic mass is 15.0. The van der Waals surface area contributed by atoms with E-state index in [-0.39, 0.29) is 0 Å². The molecule has 0 saturated heterocycles. The third-order valence-electron chi connectivity index (χ3n) is 3.37. The second-order valence-corrected chi connectivity index (χ2v) is 5.32. The first-order chi connectivity index (χ1) is 10.3. The normalized spacial score (nSPS) is 10.6. The van der Waals surface area contributed by atoms with Crippen LogP contribution in [0.3, 0.4) is 0 Å². The van der Waals surface area contributed by atoms with Crippen LogP contribution in [0.1, 0.15) is 43.8 Å². The molecule has 2 rings (SSSR count). The minimum atomic E-state index is 0.891. The van der Waals surface area contributed by atoms with Gasteiger partial charge in [-0.05, 0) is 24.8 Å². The van der Waals surface area contributed by atoms with Gasteiger partial charge < -0.3 is 5.32 Å². The summed E-state index contributed by atoms with van der Waals surface area (Å²) in [6.45, 7) is 5.31. The third-order valence-corrected chi connectivity index (χ3v) is 3.37. The summed E-state index contributed by atoms with van der Waals surface area (Å²) in [6, 6.07) is 12.6. The average Bonchev–Trinajstić information content (AvgIpc) is 2.52. The Kier molecular flexibility index (Phi) is 6.20. The molecule has 0 aliphatic heterocycles. The molecule has 1 aromatic carbocycles. The summed E-state index contributed by atoms with van der Waals surface area (Å²) in [5, 5.41) is 3.38. The molecule has 0 atom stereocenters. The van der Waals surface area contributed by atoms with Crippen molar-refractivity contribution in [1.82, 2.24) is 9.97 Å². The van der Waals surface area contributed by atoms with E-state index in [9.17, 15) is 0 Å². The van der Waals surface area contributed by atoms with Crippen molar-refractivity contribution in [3.05, 3.63) is 53.5 Å². The molecule has 0 unspecified atom stereocenters. The van der Waals surface area contributed by atoms with E-state index in [0.717, 1.165) is 56.0 Å². The number of nitrogens with zero attached hydrogens (tertiary/aromatic N) is 2. The monoisotopic (exact) mass is 283 g/mol. The van der Waals surface area contributed by atoms with E-state index in [0.29, 0.717) is 0 Å². The predicted molar refractivity (Wildman–Crippen MR) is 88.7 cm³/mol. The number of hydrogen-bond acceptors (Lipinski definition) is 3. The lowest BCUT2D eigenvalue weighted by molar-refractivity contribution is 0.804. The van der Waals surface area contributed by atoms with Crippen molar-refractivity contribution in [3.8, 4) is 0 Å². The van der Waals surface area contributed by atoms with E-state index < -0.39 is 0 Å². The number of rotatable bonds is 8. The number of aryl methyl sites for hydroxylation is 3. The molecule has 112 valence electrons. The van der Waals surface area contributed by atoms with Gasteiger partial charge in [-0.2, -0.15) is 0 Å². The van der Waals surface area contributed by atoms with Gasteiger partial charge in [0.15, 0.2) is 0 Å². The van der Waals surface area contributed by atoms with Crippen molar-refractivity contribution in [1.29, 1.82) is 0 Å². The van der Waals surface area contributed by atoms with Crippen LogP contribution in [0.5, 0.6) is 0 Å². The first-order valence-corrected chi connectivity index (χ1v) is 7.96. The summed E-state index contributed by atoms with van der Waals surface area (Å²) in [4.78, 5) is 9.34. The number of hydrogen-bond donors (Lipinski definition) is 1. The van der Waals surface area contributed by atoms with Gasteiger partial charge in [0.05, 0.1) is 0 Å². The van der Waals surface area contributed by atoms with Gasteiger partial charge in [-0.15, -0.1) is 0 Å². The molecule has 1 heterocycles. The molecule has 3 nitrogen and oxygen atoms in total. The Labute approximate surface area is 127 Å². The Balaban J connectivity index is 2.07. The first-order valence-electron chi connectivity index (χ1n) is 7.96. The van der Waals surface area contributed by atoms with Gasteiger partial charge in [-0.25, -0.2) is 9.97 Å². The number of nitrogens with one attached hydrogen (secondary N) is 1. The molecule has 0 spiro atoms. The highest BCUT2D eigenvalue weighted by molar-refractivity contribution is 5.36. The van der Waals surface area contributed by atoms with E-state index in [4.69, 9.17) is 4.98 Å². The Hall–Kier alpha value is -1.90. The number of anilines is 1. The lowest BCUT2D eigenvalue weighted by Gasteiger charge is -2.09. The van der Waals surface area contributed by atoms with Crippen molar-refractivity contribution in [2.45, 2.75) is 46.0 Å². The zero-order valence-corrected chi connectivity index (χ0v) is 13.1. The average molecular weight is 283 g/mol. The van der Waals surface area contributed by atoms with Crippen LogP contribution < -0.4 is 5.32 Å². The van der Waals surface area contributed by atoms with Gasteiger partial charge in [0, 0.05) is 24.7 Å². The quantitative estimate of drug-likeness (QED) is 0.794. The van der Waals surface area contributed by atoms with Gasteiger partial charge in [-0.1, -0.05) is 50.6 Å². The summed E-state index contributed by atoms with van der Waals surface area (Å²) >= 11 is 0. The molecular weight excluding hydrogens is 258 g/mol. The number of benzene rings is 1. The van der Waals surface area contributed by atoms with Crippen molar-refractivity contribution in [2.24, 2.45) is 0 Å². The van der Waals surface area contributed by atoms with Gasteiger partial charge in [0.1, 0.15) is 11.6 Å². The van der Waals surface area contributed by atoms with Crippen molar-refractivity contribution in [3.63, 3.8) is 0 Å². The highest BCUT2D eigenvalue weighted by Gasteiger charge is 2.05. The molecule has 0 bridgehead atoms. The second-order valence-electron chi connectivity index (χ2n) is 5.32. The smallest absolute Gasteiger partial charge is 0.131 e. The zero-order valence-electron chi connectivity index (χ0n) is 13.1. The Morgan fingerprint density at radius 1 is 0.905 bits per heavy atom. The lowest BCUT2D eigenvalue weighted by Crippen LogP contribution is -2.08.